The summed E-state index contributed by atoms with van der Waals surface area (Å²) in [5.41, 5.74) is 0. The summed E-state index contributed by atoms with van der Waals surface area (Å²) in [4.78, 5) is 13.0. The smallest absolute Gasteiger partial charge is 0.219 e. The zero-order valence-corrected chi connectivity index (χ0v) is 10.5. The van der Waals surface area contributed by atoms with Crippen LogP contribution in [-0.4, -0.2) is 36.6 Å². The summed E-state index contributed by atoms with van der Waals surface area (Å²) in [6, 6.07) is 0. The van der Waals surface area contributed by atoms with Crippen molar-refractivity contribution in [1.82, 2.24) is 4.90 Å². The van der Waals surface area contributed by atoms with Crippen LogP contribution in [0.5, 0.6) is 0 Å². The maximum atomic E-state index is 11.1. The molecule has 0 aliphatic carbocycles. The first kappa shape index (κ1) is 13.1. The maximum Gasteiger partial charge on any atom is 0.219 e. The molecule has 0 atom stereocenters. The summed E-state index contributed by atoms with van der Waals surface area (Å²) in [6.07, 6.45) is 2.14. The van der Waals surface area contributed by atoms with Gasteiger partial charge in [0.2, 0.25) is 5.91 Å². The van der Waals surface area contributed by atoms with E-state index in [1.54, 1.807) is 6.92 Å². The zero-order chi connectivity index (χ0) is 12.0. The normalized spacial score (nSPS) is 17.1. The van der Waals surface area contributed by atoms with E-state index in [1.165, 1.54) is 0 Å². The van der Waals surface area contributed by atoms with Crippen LogP contribution in [0.4, 0.5) is 0 Å². The monoisotopic (exact) mass is 223 g/mol. The highest BCUT2D eigenvalue weighted by atomic mass is 16.5. The van der Waals surface area contributed by atoms with Gasteiger partial charge in [-0.3, -0.25) is 4.79 Å². The molecule has 0 aromatic rings. The van der Waals surface area contributed by atoms with Gasteiger partial charge in [0.25, 0.3) is 0 Å². The molecule has 1 amide bonds. The Morgan fingerprint density at radius 2 is 2.06 bits per heavy atom. The van der Waals surface area contributed by atoms with Gasteiger partial charge in [0.1, 0.15) is 6.61 Å². The number of carbonyl (C=O) groups excluding carboxylic acids is 1. The number of amides is 1. The highest BCUT2D eigenvalue weighted by Crippen LogP contribution is 2.13. The molecule has 16 heavy (non-hydrogen) atoms. The lowest BCUT2D eigenvalue weighted by molar-refractivity contribution is -0.131. The Labute approximate surface area is 98.1 Å². The number of rotatable bonds is 2. The number of hydrogen-bond donors (Lipinski definition) is 0. The number of ether oxygens (including phenoxy) is 1. The molecule has 3 heteroatoms. The van der Waals surface area contributed by atoms with Crippen LogP contribution in [0.3, 0.4) is 0 Å². The minimum atomic E-state index is 0.165. The van der Waals surface area contributed by atoms with Gasteiger partial charge in [0.05, 0.1) is 6.10 Å². The van der Waals surface area contributed by atoms with E-state index in [0.29, 0.717) is 12.5 Å². The van der Waals surface area contributed by atoms with Crippen molar-refractivity contribution in [2.75, 3.05) is 19.7 Å². The molecule has 1 fully saturated rings. The molecule has 0 spiro atoms. The summed E-state index contributed by atoms with van der Waals surface area (Å²) >= 11 is 0. The number of piperidine rings is 1. The number of hydrogen-bond acceptors (Lipinski definition) is 2. The second kappa shape index (κ2) is 6.55. The molecule has 1 aliphatic heterocycles. The van der Waals surface area contributed by atoms with Gasteiger partial charge in [-0.15, -0.1) is 0 Å². The summed E-state index contributed by atoms with van der Waals surface area (Å²) in [5.74, 6) is 6.66. The first-order valence-corrected chi connectivity index (χ1v) is 5.95. The van der Waals surface area contributed by atoms with Crippen LogP contribution in [0.1, 0.15) is 33.6 Å². The second-order valence-electron chi connectivity index (χ2n) is 4.49. The molecule has 0 unspecified atom stereocenters. The van der Waals surface area contributed by atoms with Gasteiger partial charge in [-0.1, -0.05) is 25.7 Å². The quantitative estimate of drug-likeness (QED) is 0.666. The molecule has 3 nitrogen and oxygen atoms in total. The lowest BCUT2D eigenvalue weighted by Gasteiger charge is -2.30. The maximum absolute atomic E-state index is 11.1. The van der Waals surface area contributed by atoms with E-state index in [4.69, 9.17) is 4.74 Å². The Bertz CT molecular complexity index is 280. The third kappa shape index (κ3) is 4.67. The molecule has 0 saturated carbocycles. The molecule has 1 saturated heterocycles. The molecule has 0 aromatic carbocycles. The van der Waals surface area contributed by atoms with Crippen molar-refractivity contribution in [3.63, 3.8) is 0 Å². The first-order chi connectivity index (χ1) is 7.59. The second-order valence-corrected chi connectivity index (χ2v) is 4.49. The molecule has 90 valence electrons. The van der Waals surface area contributed by atoms with E-state index in [-0.39, 0.29) is 12.0 Å². The predicted octanol–water partition coefficient (Wildman–Crippen LogP) is 1.67. The summed E-state index contributed by atoms with van der Waals surface area (Å²) < 4.78 is 5.65. The van der Waals surface area contributed by atoms with Gasteiger partial charge in [-0.05, 0) is 12.8 Å². The fraction of sp³-hybridized carbons (Fsp3) is 0.769. The fourth-order valence-electron chi connectivity index (χ4n) is 1.74. The summed E-state index contributed by atoms with van der Waals surface area (Å²) in [7, 11) is 0. The van der Waals surface area contributed by atoms with Crippen LogP contribution in [0, 0.1) is 17.8 Å². The standard InChI is InChI=1S/C13H21NO2/c1-11(2)5-4-10-16-13-6-8-14(9-7-13)12(3)15/h11,13H,6-10H2,1-3H3. The third-order valence-corrected chi connectivity index (χ3v) is 2.67. The molecule has 1 aliphatic rings. The van der Waals surface area contributed by atoms with Crippen molar-refractivity contribution in [2.45, 2.75) is 39.7 Å². The number of likely N-dealkylation sites (tertiary alicyclic amines) is 1. The van der Waals surface area contributed by atoms with Gasteiger partial charge >= 0.3 is 0 Å². The Morgan fingerprint density at radius 3 is 2.56 bits per heavy atom. The Balaban J connectivity index is 2.18. The Hall–Kier alpha value is -1.01. The SMILES string of the molecule is CC(=O)N1CCC(OCC#CC(C)C)CC1. The first-order valence-electron chi connectivity index (χ1n) is 5.95. The van der Waals surface area contributed by atoms with Crippen LogP contribution in [0.15, 0.2) is 0 Å². The minimum Gasteiger partial charge on any atom is -0.365 e. The number of nitrogens with zero attached hydrogens (tertiary/aromatic N) is 1. The average Bonchev–Trinajstić information content (AvgIpc) is 2.25. The lowest BCUT2D eigenvalue weighted by Crippen LogP contribution is -2.39. The van der Waals surface area contributed by atoms with Crippen molar-refractivity contribution >= 4 is 5.91 Å². The Morgan fingerprint density at radius 1 is 1.44 bits per heavy atom. The van der Waals surface area contributed by atoms with E-state index in [9.17, 15) is 4.79 Å². The molecule has 0 bridgehead atoms. The van der Waals surface area contributed by atoms with Crippen molar-refractivity contribution < 1.29 is 9.53 Å². The summed E-state index contributed by atoms with van der Waals surface area (Å²) in [5, 5.41) is 0. The molecule has 1 heterocycles. The van der Waals surface area contributed by atoms with E-state index >= 15 is 0 Å². The summed E-state index contributed by atoms with van der Waals surface area (Å²) in [6.45, 7) is 7.91. The van der Waals surface area contributed by atoms with Crippen LogP contribution >= 0.6 is 0 Å². The van der Waals surface area contributed by atoms with Crippen LogP contribution in [-0.2, 0) is 9.53 Å². The van der Waals surface area contributed by atoms with Crippen molar-refractivity contribution in [3.05, 3.63) is 0 Å². The minimum absolute atomic E-state index is 0.165. The van der Waals surface area contributed by atoms with Gasteiger partial charge in [-0.25, -0.2) is 0 Å². The molecule has 0 aromatic heterocycles. The van der Waals surface area contributed by atoms with E-state index in [0.717, 1.165) is 25.9 Å². The van der Waals surface area contributed by atoms with Crippen molar-refractivity contribution in [1.29, 1.82) is 0 Å². The molecular formula is C13H21NO2. The van der Waals surface area contributed by atoms with Crippen LogP contribution < -0.4 is 0 Å². The van der Waals surface area contributed by atoms with Crippen molar-refractivity contribution in [3.8, 4) is 11.8 Å². The van der Waals surface area contributed by atoms with Gasteiger partial charge in [0.15, 0.2) is 0 Å². The predicted molar refractivity (Wildman–Crippen MR) is 63.8 cm³/mol. The van der Waals surface area contributed by atoms with E-state index in [2.05, 4.69) is 25.7 Å². The van der Waals surface area contributed by atoms with Gasteiger partial charge < -0.3 is 9.64 Å². The Kier molecular flexibility index (Phi) is 5.34. The van der Waals surface area contributed by atoms with E-state index in [1.807, 2.05) is 4.90 Å². The van der Waals surface area contributed by atoms with E-state index < -0.39 is 0 Å². The third-order valence-electron chi connectivity index (χ3n) is 2.67. The fourth-order valence-corrected chi connectivity index (χ4v) is 1.74. The number of carbonyl (C=O) groups is 1. The molecule has 1 rings (SSSR count). The highest BCUT2D eigenvalue weighted by Gasteiger charge is 2.20. The molecule has 0 radical (unpaired) electrons. The van der Waals surface area contributed by atoms with Crippen LogP contribution in [0.2, 0.25) is 0 Å². The van der Waals surface area contributed by atoms with Gasteiger partial charge in [-0.2, -0.15) is 0 Å². The molecule has 0 N–H and O–H groups in total. The van der Waals surface area contributed by atoms with Gasteiger partial charge in [0, 0.05) is 25.9 Å². The van der Waals surface area contributed by atoms with Crippen molar-refractivity contribution in [2.24, 2.45) is 5.92 Å². The largest absolute Gasteiger partial charge is 0.365 e. The van der Waals surface area contributed by atoms with Crippen LogP contribution in [0.25, 0.3) is 0 Å². The molecular weight excluding hydrogens is 202 g/mol. The average molecular weight is 223 g/mol. The topological polar surface area (TPSA) is 29.5 Å². The highest BCUT2D eigenvalue weighted by molar-refractivity contribution is 5.73. The lowest BCUT2D eigenvalue weighted by atomic mass is 10.1. The zero-order valence-electron chi connectivity index (χ0n) is 10.5.